The number of nitrogens with zero attached hydrogens (tertiary/aromatic N) is 5. The highest BCUT2D eigenvalue weighted by molar-refractivity contribution is 7.10. The molecule has 27 heavy (non-hydrogen) atoms. The predicted molar refractivity (Wildman–Crippen MR) is 104 cm³/mol. The van der Waals surface area contributed by atoms with Gasteiger partial charge in [-0.2, -0.15) is 4.37 Å². The van der Waals surface area contributed by atoms with Crippen LogP contribution in [0.5, 0.6) is 0 Å². The molecule has 144 valence electrons. The van der Waals surface area contributed by atoms with Crippen molar-refractivity contribution in [1.29, 1.82) is 0 Å². The number of carbonyl (C=O) groups is 2. The Morgan fingerprint density at radius 1 is 1.41 bits per heavy atom. The van der Waals surface area contributed by atoms with Crippen LogP contribution in [0.2, 0.25) is 0 Å². The van der Waals surface area contributed by atoms with Crippen LogP contribution >= 0.6 is 11.5 Å². The average molecular weight is 390 g/mol. The van der Waals surface area contributed by atoms with Crippen LogP contribution in [0, 0.1) is 6.92 Å². The van der Waals surface area contributed by atoms with E-state index in [-0.39, 0.29) is 17.8 Å². The molecule has 0 aliphatic carbocycles. The fraction of sp³-hybridized carbons (Fsp3) is 0.438. The topological polar surface area (TPSA) is 129 Å². The first kappa shape index (κ1) is 18.8. The van der Waals surface area contributed by atoms with Crippen molar-refractivity contribution in [2.75, 3.05) is 37.4 Å². The first-order chi connectivity index (χ1) is 12.8. The van der Waals surface area contributed by atoms with Gasteiger partial charge in [0.05, 0.1) is 11.9 Å². The number of carbonyl (C=O) groups excluding carboxylic acids is 2. The van der Waals surface area contributed by atoms with Gasteiger partial charge in [0, 0.05) is 33.2 Å². The molecule has 2 aromatic heterocycles. The maximum Gasteiger partial charge on any atom is 0.317 e. The zero-order valence-electron chi connectivity index (χ0n) is 15.4. The van der Waals surface area contributed by atoms with E-state index in [1.54, 1.807) is 14.1 Å². The van der Waals surface area contributed by atoms with E-state index in [0.717, 1.165) is 23.7 Å². The molecule has 11 heteroatoms. The van der Waals surface area contributed by atoms with Crippen LogP contribution in [0.1, 0.15) is 22.6 Å². The van der Waals surface area contributed by atoms with E-state index >= 15 is 0 Å². The van der Waals surface area contributed by atoms with Crippen LogP contribution < -0.4 is 21.3 Å². The van der Waals surface area contributed by atoms with Crippen molar-refractivity contribution >= 4 is 40.1 Å². The third-order valence-electron chi connectivity index (χ3n) is 4.11. The Labute approximate surface area is 160 Å². The molecule has 3 amide bonds. The van der Waals surface area contributed by atoms with E-state index in [2.05, 4.69) is 25.0 Å². The van der Waals surface area contributed by atoms with Gasteiger partial charge in [-0.25, -0.2) is 14.8 Å². The molecule has 0 radical (unpaired) electrons. The second-order valence-corrected chi connectivity index (χ2v) is 7.33. The highest BCUT2D eigenvalue weighted by Crippen LogP contribution is 2.25. The summed E-state index contributed by atoms with van der Waals surface area (Å²) < 4.78 is 4.20. The third kappa shape index (κ3) is 4.42. The lowest BCUT2D eigenvalue weighted by atomic mass is 10.3. The van der Waals surface area contributed by atoms with Gasteiger partial charge in [-0.15, -0.1) is 0 Å². The van der Waals surface area contributed by atoms with Gasteiger partial charge in [0.25, 0.3) is 5.91 Å². The van der Waals surface area contributed by atoms with Crippen LogP contribution in [0.3, 0.4) is 0 Å². The first-order valence-electron chi connectivity index (χ1n) is 8.43. The van der Waals surface area contributed by atoms with E-state index in [1.807, 2.05) is 17.9 Å². The number of hydrogen-bond donors (Lipinski definition) is 3. The maximum atomic E-state index is 11.8. The Hall–Kier alpha value is -2.95. The van der Waals surface area contributed by atoms with Gasteiger partial charge in [0.2, 0.25) is 0 Å². The second-order valence-electron chi connectivity index (χ2n) is 6.52. The third-order valence-corrected chi connectivity index (χ3v) is 4.90. The number of amides is 3. The Morgan fingerprint density at radius 2 is 2.19 bits per heavy atom. The first-order valence-corrected chi connectivity index (χ1v) is 9.20. The highest BCUT2D eigenvalue weighted by Gasteiger charge is 2.26. The SMILES string of the molecule is Cc1cc(Nc2nc(N3CCC(NC(=O)N(C)C)C3)cnc2C(N)=O)sn1. The standard InChI is InChI=1S/C16H22N8O2S/c1-9-6-12(27-22-9)21-15-13(14(17)25)18-7-11(20-15)24-5-4-10(8-24)19-16(26)23(2)3/h6-7,10H,4-5,8H2,1-3H3,(H2,17,25)(H,19,26)(H,20,21). The number of aryl methyl sites for hydroxylation is 1. The minimum Gasteiger partial charge on any atom is -0.364 e. The molecule has 3 rings (SSSR count). The fourth-order valence-electron chi connectivity index (χ4n) is 2.73. The monoisotopic (exact) mass is 390 g/mol. The van der Waals surface area contributed by atoms with Gasteiger partial charge in [-0.1, -0.05) is 0 Å². The summed E-state index contributed by atoms with van der Waals surface area (Å²) in [6.45, 7) is 3.22. The van der Waals surface area contributed by atoms with E-state index in [1.165, 1.54) is 22.6 Å². The number of anilines is 3. The van der Waals surface area contributed by atoms with Gasteiger partial charge in [0.1, 0.15) is 10.8 Å². The van der Waals surface area contributed by atoms with Crippen molar-refractivity contribution in [3.05, 3.63) is 23.7 Å². The number of nitrogens with two attached hydrogens (primary N) is 1. The number of primary amides is 1. The normalized spacial score (nSPS) is 16.3. The summed E-state index contributed by atoms with van der Waals surface area (Å²) in [6, 6.07) is 1.75. The number of aromatic nitrogens is 3. The van der Waals surface area contributed by atoms with E-state index in [9.17, 15) is 9.59 Å². The zero-order chi connectivity index (χ0) is 19.6. The lowest BCUT2D eigenvalue weighted by Crippen LogP contribution is -2.42. The molecule has 2 aromatic rings. The van der Waals surface area contributed by atoms with Crippen molar-refractivity contribution in [2.45, 2.75) is 19.4 Å². The molecule has 0 aromatic carbocycles. The van der Waals surface area contributed by atoms with Crippen molar-refractivity contribution in [1.82, 2.24) is 24.6 Å². The quantitative estimate of drug-likeness (QED) is 0.692. The molecular formula is C16H22N8O2S. The van der Waals surface area contributed by atoms with Crippen LogP contribution in [0.15, 0.2) is 12.3 Å². The molecular weight excluding hydrogens is 368 g/mol. The minimum absolute atomic E-state index is 0.0260. The maximum absolute atomic E-state index is 11.8. The van der Waals surface area contributed by atoms with Crippen molar-refractivity contribution in [3.8, 4) is 0 Å². The molecule has 1 saturated heterocycles. The molecule has 1 aliphatic heterocycles. The molecule has 1 fully saturated rings. The molecule has 0 bridgehead atoms. The smallest absolute Gasteiger partial charge is 0.317 e. The molecule has 1 unspecified atom stereocenters. The Bertz CT molecular complexity index is 853. The summed E-state index contributed by atoms with van der Waals surface area (Å²) >= 11 is 1.27. The van der Waals surface area contributed by atoms with E-state index < -0.39 is 5.91 Å². The lowest BCUT2D eigenvalue weighted by Gasteiger charge is -2.20. The van der Waals surface area contributed by atoms with Gasteiger partial charge >= 0.3 is 6.03 Å². The largest absolute Gasteiger partial charge is 0.364 e. The summed E-state index contributed by atoms with van der Waals surface area (Å²) in [7, 11) is 3.41. The number of urea groups is 1. The van der Waals surface area contributed by atoms with Crippen molar-refractivity contribution in [2.24, 2.45) is 5.73 Å². The summed E-state index contributed by atoms with van der Waals surface area (Å²) in [5.74, 6) is 0.255. The zero-order valence-corrected chi connectivity index (χ0v) is 16.2. The van der Waals surface area contributed by atoms with Gasteiger partial charge in [-0.05, 0) is 30.9 Å². The summed E-state index contributed by atoms with van der Waals surface area (Å²) in [6.07, 6.45) is 2.33. The Morgan fingerprint density at radius 3 is 2.81 bits per heavy atom. The van der Waals surface area contributed by atoms with Crippen molar-refractivity contribution < 1.29 is 9.59 Å². The van der Waals surface area contributed by atoms with Gasteiger partial charge in [0.15, 0.2) is 11.5 Å². The lowest BCUT2D eigenvalue weighted by molar-refractivity contribution is 0.0996. The van der Waals surface area contributed by atoms with Gasteiger partial charge < -0.3 is 26.2 Å². The van der Waals surface area contributed by atoms with Crippen molar-refractivity contribution in [3.63, 3.8) is 0 Å². The predicted octanol–water partition coefficient (Wildman–Crippen LogP) is 0.934. The van der Waals surface area contributed by atoms with E-state index in [4.69, 9.17) is 5.73 Å². The average Bonchev–Trinajstić information content (AvgIpc) is 3.23. The molecule has 3 heterocycles. The number of rotatable bonds is 5. The number of hydrogen-bond acceptors (Lipinski definition) is 8. The molecule has 10 nitrogen and oxygen atoms in total. The Kier molecular flexibility index (Phi) is 5.40. The number of nitrogens with one attached hydrogen (secondary N) is 2. The minimum atomic E-state index is -0.657. The molecule has 0 saturated carbocycles. The highest BCUT2D eigenvalue weighted by atomic mass is 32.1. The summed E-state index contributed by atoms with van der Waals surface area (Å²) in [5, 5.41) is 6.79. The van der Waals surface area contributed by atoms with Crippen LogP contribution in [-0.4, -0.2) is 64.4 Å². The second kappa shape index (κ2) is 7.74. The molecule has 0 spiro atoms. The van der Waals surface area contributed by atoms with E-state index in [0.29, 0.717) is 18.2 Å². The molecule has 4 N–H and O–H groups in total. The molecule has 1 aliphatic rings. The molecule has 1 atom stereocenters. The van der Waals surface area contributed by atoms with Crippen LogP contribution in [0.25, 0.3) is 0 Å². The van der Waals surface area contributed by atoms with Crippen LogP contribution in [-0.2, 0) is 0 Å². The Balaban J connectivity index is 1.77. The fourth-order valence-corrected chi connectivity index (χ4v) is 3.39. The summed E-state index contributed by atoms with van der Waals surface area (Å²) in [5.41, 5.74) is 6.36. The van der Waals surface area contributed by atoms with Crippen LogP contribution in [0.4, 0.5) is 21.4 Å². The summed E-state index contributed by atoms with van der Waals surface area (Å²) in [4.78, 5) is 35.8. The van der Waals surface area contributed by atoms with Gasteiger partial charge in [-0.3, -0.25) is 4.79 Å².